The Bertz CT molecular complexity index is 841. The second-order valence-electron chi connectivity index (χ2n) is 6.31. The molecular formula is C19H20N4O4. The van der Waals surface area contributed by atoms with Crippen molar-refractivity contribution in [2.75, 3.05) is 18.4 Å². The average molecular weight is 368 g/mol. The molecule has 1 aliphatic rings. The maximum absolute atomic E-state index is 12.4. The van der Waals surface area contributed by atoms with Crippen LogP contribution in [0.4, 0.5) is 16.2 Å². The first-order valence-corrected chi connectivity index (χ1v) is 8.67. The summed E-state index contributed by atoms with van der Waals surface area (Å²) in [7, 11) is 0. The molecule has 8 nitrogen and oxygen atoms in total. The standard InChI is InChI=1S/C19H20N4O4/c24-18-10-5-11-22(18)13-17(14-6-2-1-3-7-14)21-19(25)20-15-8-4-9-16(12-15)23(26)27/h1-4,6-9,12,17H,5,10-11,13H2,(H2,20,21,25). The molecule has 1 saturated heterocycles. The molecule has 27 heavy (non-hydrogen) atoms. The Balaban J connectivity index is 1.71. The van der Waals surface area contributed by atoms with Gasteiger partial charge in [0.05, 0.1) is 11.0 Å². The molecule has 1 atom stereocenters. The van der Waals surface area contributed by atoms with Crippen molar-refractivity contribution >= 4 is 23.3 Å². The number of benzene rings is 2. The van der Waals surface area contributed by atoms with Crippen LogP contribution in [0.1, 0.15) is 24.4 Å². The number of nitrogens with one attached hydrogen (secondary N) is 2. The van der Waals surface area contributed by atoms with Gasteiger partial charge in [-0.05, 0) is 18.1 Å². The Hall–Kier alpha value is -3.42. The largest absolute Gasteiger partial charge is 0.340 e. The number of non-ortho nitro benzene ring substituents is 1. The summed E-state index contributed by atoms with van der Waals surface area (Å²) < 4.78 is 0. The van der Waals surface area contributed by atoms with E-state index >= 15 is 0 Å². The topological polar surface area (TPSA) is 105 Å². The van der Waals surface area contributed by atoms with E-state index in [1.54, 1.807) is 11.0 Å². The number of rotatable bonds is 6. The van der Waals surface area contributed by atoms with Crippen LogP contribution < -0.4 is 10.6 Å². The lowest BCUT2D eigenvalue weighted by molar-refractivity contribution is -0.384. The van der Waals surface area contributed by atoms with Gasteiger partial charge in [0.15, 0.2) is 0 Å². The molecule has 1 heterocycles. The Morgan fingerprint density at radius 1 is 1.19 bits per heavy atom. The first-order valence-electron chi connectivity index (χ1n) is 8.67. The van der Waals surface area contributed by atoms with Crippen molar-refractivity contribution in [1.29, 1.82) is 0 Å². The van der Waals surface area contributed by atoms with Crippen LogP contribution in [0.3, 0.4) is 0 Å². The molecule has 3 rings (SSSR count). The van der Waals surface area contributed by atoms with E-state index in [-0.39, 0.29) is 17.6 Å². The summed E-state index contributed by atoms with van der Waals surface area (Å²) >= 11 is 0. The van der Waals surface area contributed by atoms with Crippen LogP contribution >= 0.6 is 0 Å². The maximum Gasteiger partial charge on any atom is 0.319 e. The minimum absolute atomic E-state index is 0.0804. The summed E-state index contributed by atoms with van der Waals surface area (Å²) in [6.07, 6.45) is 1.35. The van der Waals surface area contributed by atoms with Gasteiger partial charge in [0.2, 0.25) is 5.91 Å². The summed E-state index contributed by atoms with van der Waals surface area (Å²) in [4.78, 5) is 36.5. The third-order valence-electron chi connectivity index (χ3n) is 4.40. The molecule has 140 valence electrons. The number of anilines is 1. The highest BCUT2D eigenvalue weighted by atomic mass is 16.6. The van der Waals surface area contributed by atoms with Crippen molar-refractivity contribution < 1.29 is 14.5 Å². The molecule has 1 aliphatic heterocycles. The van der Waals surface area contributed by atoms with Gasteiger partial charge in [0.25, 0.3) is 5.69 Å². The second-order valence-corrected chi connectivity index (χ2v) is 6.31. The van der Waals surface area contributed by atoms with Gasteiger partial charge in [-0.2, -0.15) is 0 Å². The van der Waals surface area contributed by atoms with Crippen molar-refractivity contribution in [2.24, 2.45) is 0 Å². The summed E-state index contributed by atoms with van der Waals surface area (Å²) in [5, 5.41) is 16.3. The monoisotopic (exact) mass is 368 g/mol. The highest BCUT2D eigenvalue weighted by Crippen LogP contribution is 2.20. The fourth-order valence-electron chi connectivity index (χ4n) is 3.06. The normalized spacial score (nSPS) is 14.7. The number of carbonyl (C=O) groups is 2. The Labute approximate surface area is 156 Å². The molecule has 0 spiro atoms. The molecule has 2 N–H and O–H groups in total. The predicted molar refractivity (Wildman–Crippen MR) is 100 cm³/mol. The molecule has 0 radical (unpaired) electrons. The van der Waals surface area contributed by atoms with E-state index in [0.717, 1.165) is 12.0 Å². The number of nitro groups is 1. The number of carbonyl (C=O) groups excluding carboxylic acids is 2. The van der Waals surface area contributed by atoms with Crippen LogP contribution in [0.25, 0.3) is 0 Å². The third kappa shape index (κ3) is 4.81. The van der Waals surface area contributed by atoms with Gasteiger partial charge in [-0.1, -0.05) is 36.4 Å². The Morgan fingerprint density at radius 2 is 1.96 bits per heavy atom. The van der Waals surface area contributed by atoms with Gasteiger partial charge in [-0.25, -0.2) is 4.79 Å². The Kier molecular flexibility index (Phi) is 5.65. The molecule has 0 aromatic heterocycles. The third-order valence-corrected chi connectivity index (χ3v) is 4.40. The SMILES string of the molecule is O=C(Nc1cccc([N+](=O)[O-])c1)NC(CN1CCCC1=O)c1ccccc1. The van der Waals surface area contributed by atoms with Crippen molar-refractivity contribution in [3.63, 3.8) is 0 Å². The van der Waals surface area contributed by atoms with Crippen molar-refractivity contribution in [3.05, 3.63) is 70.3 Å². The number of nitro benzene ring substituents is 1. The van der Waals surface area contributed by atoms with E-state index in [4.69, 9.17) is 0 Å². The van der Waals surface area contributed by atoms with Gasteiger partial charge >= 0.3 is 6.03 Å². The average Bonchev–Trinajstić information content (AvgIpc) is 3.07. The lowest BCUT2D eigenvalue weighted by Gasteiger charge is -2.25. The summed E-state index contributed by atoms with van der Waals surface area (Å²) in [5.74, 6) is 0.0804. The second kappa shape index (κ2) is 8.31. The predicted octanol–water partition coefficient (Wildman–Crippen LogP) is 3.08. The summed E-state index contributed by atoms with van der Waals surface area (Å²) in [6, 6.07) is 14.3. The highest BCUT2D eigenvalue weighted by molar-refractivity contribution is 5.90. The summed E-state index contributed by atoms with van der Waals surface area (Å²) in [5.41, 5.74) is 1.10. The van der Waals surface area contributed by atoms with Gasteiger partial charge < -0.3 is 15.5 Å². The van der Waals surface area contributed by atoms with Crippen LogP contribution in [0.15, 0.2) is 54.6 Å². The molecule has 2 aromatic carbocycles. The molecule has 3 amide bonds. The molecule has 1 unspecified atom stereocenters. The first kappa shape index (κ1) is 18.4. The zero-order valence-electron chi connectivity index (χ0n) is 14.6. The van der Waals surface area contributed by atoms with Crippen molar-refractivity contribution in [1.82, 2.24) is 10.2 Å². The minimum atomic E-state index is -0.519. The van der Waals surface area contributed by atoms with Gasteiger partial charge in [0, 0.05) is 37.3 Å². The number of urea groups is 1. The highest BCUT2D eigenvalue weighted by Gasteiger charge is 2.25. The van der Waals surface area contributed by atoms with Gasteiger partial charge in [0.1, 0.15) is 0 Å². The fourth-order valence-corrected chi connectivity index (χ4v) is 3.06. The van der Waals surface area contributed by atoms with Crippen LogP contribution in [-0.2, 0) is 4.79 Å². The zero-order valence-corrected chi connectivity index (χ0v) is 14.6. The lowest BCUT2D eigenvalue weighted by atomic mass is 10.1. The molecule has 0 saturated carbocycles. The molecule has 0 bridgehead atoms. The lowest BCUT2D eigenvalue weighted by Crippen LogP contribution is -2.40. The molecule has 0 aliphatic carbocycles. The fraction of sp³-hybridized carbons (Fsp3) is 0.263. The smallest absolute Gasteiger partial charge is 0.319 e. The maximum atomic E-state index is 12.4. The summed E-state index contributed by atoms with van der Waals surface area (Å²) in [6.45, 7) is 1.06. The number of amides is 3. The van der Waals surface area contributed by atoms with Crippen LogP contribution in [0.5, 0.6) is 0 Å². The molecular weight excluding hydrogens is 348 g/mol. The van der Waals surface area contributed by atoms with Crippen LogP contribution in [-0.4, -0.2) is 34.9 Å². The van der Waals surface area contributed by atoms with E-state index < -0.39 is 11.0 Å². The molecule has 2 aromatic rings. The van der Waals surface area contributed by atoms with E-state index in [1.807, 2.05) is 30.3 Å². The van der Waals surface area contributed by atoms with E-state index in [2.05, 4.69) is 10.6 Å². The quantitative estimate of drug-likeness (QED) is 0.604. The van der Waals surface area contributed by atoms with E-state index in [1.165, 1.54) is 18.2 Å². The van der Waals surface area contributed by atoms with Gasteiger partial charge in [-0.3, -0.25) is 14.9 Å². The minimum Gasteiger partial charge on any atom is -0.340 e. The van der Waals surface area contributed by atoms with Crippen molar-refractivity contribution in [2.45, 2.75) is 18.9 Å². The number of nitrogens with zero attached hydrogens (tertiary/aromatic N) is 2. The zero-order chi connectivity index (χ0) is 19.2. The molecule has 8 heteroatoms. The number of likely N-dealkylation sites (tertiary alicyclic amines) is 1. The van der Waals surface area contributed by atoms with E-state index in [9.17, 15) is 19.7 Å². The van der Waals surface area contributed by atoms with E-state index in [0.29, 0.717) is 25.2 Å². The molecule has 1 fully saturated rings. The van der Waals surface area contributed by atoms with Crippen LogP contribution in [0.2, 0.25) is 0 Å². The first-order chi connectivity index (χ1) is 13.0. The van der Waals surface area contributed by atoms with Gasteiger partial charge in [-0.15, -0.1) is 0 Å². The number of hydrogen-bond donors (Lipinski definition) is 2. The Morgan fingerprint density at radius 3 is 2.63 bits per heavy atom. The number of hydrogen-bond acceptors (Lipinski definition) is 4. The van der Waals surface area contributed by atoms with Crippen LogP contribution in [0, 0.1) is 10.1 Å². The van der Waals surface area contributed by atoms with Crippen molar-refractivity contribution in [3.8, 4) is 0 Å².